The van der Waals surface area contributed by atoms with Gasteiger partial charge in [0.2, 0.25) is 0 Å². The maximum absolute atomic E-state index is 13.1. The van der Waals surface area contributed by atoms with E-state index in [1.807, 2.05) is 0 Å². The zero-order valence-corrected chi connectivity index (χ0v) is 11.3. The maximum atomic E-state index is 13.1. The highest BCUT2D eigenvalue weighted by atomic mass is 19.1. The van der Waals surface area contributed by atoms with E-state index in [2.05, 4.69) is 5.32 Å². The summed E-state index contributed by atoms with van der Waals surface area (Å²) in [6, 6.07) is 5.73. The molecule has 1 unspecified atom stereocenters. The first-order valence-electron chi connectivity index (χ1n) is 5.99. The van der Waals surface area contributed by atoms with E-state index in [9.17, 15) is 14.0 Å². The van der Waals surface area contributed by atoms with Gasteiger partial charge in [0.15, 0.2) is 0 Å². The van der Waals surface area contributed by atoms with Crippen LogP contribution in [0.3, 0.4) is 0 Å². The molecule has 1 rings (SSSR count). The normalized spacial score (nSPS) is 12.6. The number of hydrogen-bond acceptors (Lipinski definition) is 3. The first-order valence-corrected chi connectivity index (χ1v) is 5.99. The minimum Gasteiger partial charge on any atom is -0.444 e. The van der Waals surface area contributed by atoms with Gasteiger partial charge < -0.3 is 14.8 Å². The van der Waals surface area contributed by atoms with Gasteiger partial charge in [-0.3, -0.25) is 0 Å². The van der Waals surface area contributed by atoms with Crippen LogP contribution in [0.5, 0.6) is 0 Å². The van der Waals surface area contributed by atoms with E-state index in [0.29, 0.717) is 11.8 Å². The van der Waals surface area contributed by atoms with Crippen LogP contribution in [0, 0.1) is 5.82 Å². The smallest absolute Gasteiger partial charge is 0.407 e. The van der Waals surface area contributed by atoms with Crippen molar-refractivity contribution in [2.75, 3.05) is 6.54 Å². The Morgan fingerprint density at radius 3 is 2.68 bits per heavy atom. The summed E-state index contributed by atoms with van der Waals surface area (Å²) < 4.78 is 18.1. The Morgan fingerprint density at radius 1 is 1.47 bits per heavy atom. The number of halogens is 1. The van der Waals surface area contributed by atoms with Gasteiger partial charge >= 0.3 is 6.09 Å². The lowest BCUT2D eigenvalue weighted by atomic mass is 10.0. The third kappa shape index (κ3) is 5.50. The fraction of sp³-hybridized carbons (Fsp3) is 0.429. The first kappa shape index (κ1) is 15.1. The highest BCUT2D eigenvalue weighted by Gasteiger charge is 2.18. The SMILES string of the molecule is CC(C)(C)OC(=O)NCC(C=O)c1cccc(F)c1. The van der Waals surface area contributed by atoms with Crippen molar-refractivity contribution in [3.63, 3.8) is 0 Å². The quantitative estimate of drug-likeness (QED) is 0.853. The average molecular weight is 267 g/mol. The van der Waals surface area contributed by atoms with Crippen LogP contribution in [-0.2, 0) is 9.53 Å². The molecule has 0 aromatic heterocycles. The largest absolute Gasteiger partial charge is 0.444 e. The average Bonchev–Trinajstić information content (AvgIpc) is 2.27. The van der Waals surface area contributed by atoms with Gasteiger partial charge in [-0.25, -0.2) is 9.18 Å². The van der Waals surface area contributed by atoms with E-state index in [1.165, 1.54) is 18.2 Å². The van der Waals surface area contributed by atoms with Crippen LogP contribution in [0.4, 0.5) is 9.18 Å². The van der Waals surface area contributed by atoms with Crippen LogP contribution in [0.25, 0.3) is 0 Å². The molecule has 0 aliphatic rings. The number of ether oxygens (including phenoxy) is 1. The minimum atomic E-state index is -0.601. The van der Waals surface area contributed by atoms with Crippen LogP contribution >= 0.6 is 0 Å². The molecule has 1 aromatic carbocycles. The molecule has 0 radical (unpaired) electrons. The van der Waals surface area contributed by atoms with Crippen LogP contribution in [0.15, 0.2) is 24.3 Å². The molecule has 1 amide bonds. The standard InChI is InChI=1S/C14H18FNO3/c1-14(2,3)19-13(18)16-8-11(9-17)10-5-4-6-12(15)7-10/h4-7,9,11H,8H2,1-3H3,(H,16,18). The summed E-state index contributed by atoms with van der Waals surface area (Å²) in [5.41, 5.74) is -0.0781. The first-order chi connectivity index (χ1) is 8.81. The van der Waals surface area contributed by atoms with E-state index < -0.39 is 23.4 Å². The lowest BCUT2D eigenvalue weighted by Gasteiger charge is -2.20. The number of benzene rings is 1. The second-order valence-electron chi connectivity index (χ2n) is 5.18. The summed E-state index contributed by atoms with van der Waals surface area (Å²) in [7, 11) is 0. The number of rotatable bonds is 4. The van der Waals surface area contributed by atoms with Crippen molar-refractivity contribution >= 4 is 12.4 Å². The number of amides is 1. The van der Waals surface area contributed by atoms with E-state index in [0.717, 1.165) is 0 Å². The number of carbonyl (C=O) groups excluding carboxylic acids is 2. The summed E-state index contributed by atoms with van der Waals surface area (Å²) in [6.45, 7) is 5.31. The lowest BCUT2D eigenvalue weighted by Crippen LogP contribution is -2.35. The Labute approximate surface area is 112 Å². The van der Waals surface area contributed by atoms with Gasteiger partial charge in [-0.05, 0) is 38.5 Å². The molecule has 4 nitrogen and oxygen atoms in total. The summed E-state index contributed by atoms with van der Waals surface area (Å²) in [6.07, 6.45) is 0.0716. The van der Waals surface area contributed by atoms with Crippen molar-refractivity contribution in [2.45, 2.75) is 32.3 Å². The minimum absolute atomic E-state index is 0.0713. The van der Waals surface area contributed by atoms with Crippen LogP contribution < -0.4 is 5.32 Å². The third-order valence-electron chi connectivity index (χ3n) is 2.31. The molecule has 5 heteroatoms. The maximum Gasteiger partial charge on any atom is 0.407 e. The number of carbonyl (C=O) groups is 2. The van der Waals surface area contributed by atoms with Crippen molar-refractivity contribution < 1.29 is 18.7 Å². The van der Waals surface area contributed by atoms with E-state index >= 15 is 0 Å². The van der Waals surface area contributed by atoms with Crippen LogP contribution in [0.1, 0.15) is 32.3 Å². The molecule has 104 valence electrons. The molecule has 1 aromatic rings. The van der Waals surface area contributed by atoms with Gasteiger partial charge in [0, 0.05) is 6.54 Å². The van der Waals surface area contributed by atoms with Gasteiger partial charge in [0.25, 0.3) is 0 Å². The molecular weight excluding hydrogens is 249 g/mol. The monoisotopic (exact) mass is 267 g/mol. The summed E-state index contributed by atoms with van der Waals surface area (Å²) in [5, 5.41) is 2.49. The lowest BCUT2D eigenvalue weighted by molar-refractivity contribution is -0.109. The Hall–Kier alpha value is -1.91. The molecule has 0 aliphatic carbocycles. The topological polar surface area (TPSA) is 55.4 Å². The summed E-state index contributed by atoms with van der Waals surface area (Å²) in [4.78, 5) is 22.5. The number of nitrogens with one attached hydrogen (secondary N) is 1. The zero-order chi connectivity index (χ0) is 14.5. The van der Waals surface area contributed by atoms with Crippen LogP contribution in [-0.4, -0.2) is 24.5 Å². The molecule has 19 heavy (non-hydrogen) atoms. The molecule has 0 heterocycles. The molecule has 1 N–H and O–H groups in total. The Balaban J connectivity index is 2.59. The molecule has 0 aliphatic heterocycles. The Bertz CT molecular complexity index is 454. The fourth-order valence-corrected chi connectivity index (χ4v) is 1.49. The predicted molar refractivity (Wildman–Crippen MR) is 69.4 cm³/mol. The van der Waals surface area contributed by atoms with E-state index in [1.54, 1.807) is 26.8 Å². The van der Waals surface area contributed by atoms with Gasteiger partial charge in [0.1, 0.15) is 17.7 Å². The highest BCUT2D eigenvalue weighted by molar-refractivity contribution is 5.69. The van der Waals surface area contributed by atoms with Gasteiger partial charge in [-0.15, -0.1) is 0 Å². The second-order valence-corrected chi connectivity index (χ2v) is 5.18. The van der Waals surface area contributed by atoms with Crippen molar-refractivity contribution in [3.8, 4) is 0 Å². The second kappa shape index (κ2) is 6.31. The van der Waals surface area contributed by atoms with Crippen molar-refractivity contribution in [1.29, 1.82) is 0 Å². The predicted octanol–water partition coefficient (Wildman–Crippen LogP) is 2.63. The number of aldehydes is 1. The molecule has 0 bridgehead atoms. The van der Waals surface area contributed by atoms with Crippen molar-refractivity contribution in [2.24, 2.45) is 0 Å². The molecule has 0 saturated carbocycles. The Morgan fingerprint density at radius 2 is 2.16 bits per heavy atom. The molecular formula is C14H18FNO3. The number of hydrogen-bond donors (Lipinski definition) is 1. The van der Waals surface area contributed by atoms with Crippen molar-refractivity contribution in [1.82, 2.24) is 5.32 Å². The third-order valence-corrected chi connectivity index (χ3v) is 2.31. The van der Waals surface area contributed by atoms with Gasteiger partial charge in [0.05, 0.1) is 5.92 Å². The molecule has 0 spiro atoms. The molecule has 0 fully saturated rings. The summed E-state index contributed by atoms with van der Waals surface area (Å²) in [5.74, 6) is -1.01. The highest BCUT2D eigenvalue weighted by Crippen LogP contribution is 2.14. The molecule has 1 atom stereocenters. The summed E-state index contributed by atoms with van der Waals surface area (Å²) >= 11 is 0. The Kier molecular flexibility index (Phi) is 5.03. The molecule has 0 saturated heterocycles. The van der Waals surface area contributed by atoms with E-state index in [4.69, 9.17) is 4.74 Å². The zero-order valence-electron chi connectivity index (χ0n) is 11.3. The van der Waals surface area contributed by atoms with E-state index in [-0.39, 0.29) is 6.54 Å². The van der Waals surface area contributed by atoms with Gasteiger partial charge in [-0.1, -0.05) is 12.1 Å². The number of alkyl carbamates (subject to hydrolysis) is 1. The van der Waals surface area contributed by atoms with Gasteiger partial charge in [-0.2, -0.15) is 0 Å². The van der Waals surface area contributed by atoms with Crippen LogP contribution in [0.2, 0.25) is 0 Å². The fourth-order valence-electron chi connectivity index (χ4n) is 1.49. The van der Waals surface area contributed by atoms with Crippen molar-refractivity contribution in [3.05, 3.63) is 35.6 Å².